The Kier molecular flexibility index (Phi) is 7.85. The van der Waals surface area contributed by atoms with E-state index in [1.165, 1.54) is 11.1 Å². The maximum atomic E-state index is 14.0. The van der Waals surface area contributed by atoms with Crippen LogP contribution in [0.25, 0.3) is 16.6 Å². The monoisotopic (exact) mass is 588 g/mol. The molecule has 1 fully saturated rings. The van der Waals surface area contributed by atoms with E-state index in [0.717, 1.165) is 66.0 Å². The highest BCUT2D eigenvalue weighted by molar-refractivity contribution is 7.99. The summed E-state index contributed by atoms with van der Waals surface area (Å²) in [6.07, 6.45) is 14.4. The van der Waals surface area contributed by atoms with Gasteiger partial charge in [-0.05, 0) is 72.4 Å². The molecular formula is C33H32N8OS. The summed E-state index contributed by atoms with van der Waals surface area (Å²) in [5.74, 6) is 1.55. The minimum atomic E-state index is -0.174. The molecule has 0 spiro atoms. The average molecular weight is 589 g/mol. The largest absolute Gasteiger partial charge is 0.350 e. The van der Waals surface area contributed by atoms with Gasteiger partial charge in [0.25, 0.3) is 5.56 Å². The molecule has 3 N–H and O–H groups in total. The molecule has 43 heavy (non-hydrogen) atoms. The van der Waals surface area contributed by atoms with E-state index in [4.69, 9.17) is 4.98 Å². The second kappa shape index (κ2) is 12.4. The SMILES string of the molecule is O=c1c(Nc2cccnc2)cc2cnc(Nc3ccc(C4CNCCS4)cc3)nc2n1Cc1ccncc1C1=CCCC1. The first kappa shape index (κ1) is 27.3. The van der Waals surface area contributed by atoms with Crippen LogP contribution in [0.1, 0.15) is 41.2 Å². The van der Waals surface area contributed by atoms with Crippen LogP contribution in [0.4, 0.5) is 23.0 Å². The van der Waals surface area contributed by atoms with Crippen molar-refractivity contribution >= 4 is 51.4 Å². The molecule has 1 aliphatic carbocycles. The summed E-state index contributed by atoms with van der Waals surface area (Å²) in [5, 5.41) is 11.3. The van der Waals surface area contributed by atoms with Crippen molar-refractivity contribution < 1.29 is 0 Å². The van der Waals surface area contributed by atoms with Crippen LogP contribution in [0, 0.1) is 0 Å². The van der Waals surface area contributed by atoms with Crippen molar-refractivity contribution in [3.8, 4) is 0 Å². The zero-order valence-electron chi connectivity index (χ0n) is 23.7. The second-order valence-corrected chi connectivity index (χ2v) is 12.1. The highest BCUT2D eigenvalue weighted by Crippen LogP contribution is 2.32. The number of thioether (sulfide) groups is 1. The number of nitrogens with one attached hydrogen (secondary N) is 3. The molecule has 216 valence electrons. The van der Waals surface area contributed by atoms with Gasteiger partial charge in [0.2, 0.25) is 5.95 Å². The van der Waals surface area contributed by atoms with Gasteiger partial charge in [0.1, 0.15) is 11.3 Å². The van der Waals surface area contributed by atoms with Crippen molar-refractivity contribution in [3.05, 3.63) is 113 Å². The van der Waals surface area contributed by atoms with Gasteiger partial charge >= 0.3 is 0 Å². The van der Waals surface area contributed by atoms with Crippen LogP contribution < -0.4 is 21.5 Å². The molecule has 4 aromatic heterocycles. The predicted molar refractivity (Wildman–Crippen MR) is 174 cm³/mol. The number of nitrogens with zero attached hydrogens (tertiary/aromatic N) is 5. The lowest BCUT2D eigenvalue weighted by molar-refractivity contribution is 0.689. The minimum absolute atomic E-state index is 0.174. The van der Waals surface area contributed by atoms with Crippen molar-refractivity contribution in [1.29, 1.82) is 0 Å². The number of hydrogen-bond acceptors (Lipinski definition) is 9. The first-order valence-corrected chi connectivity index (χ1v) is 15.7. The lowest BCUT2D eigenvalue weighted by Crippen LogP contribution is -2.28. The van der Waals surface area contributed by atoms with Gasteiger partial charge in [-0.25, -0.2) is 4.98 Å². The van der Waals surface area contributed by atoms with Crippen molar-refractivity contribution in [2.45, 2.75) is 31.1 Å². The Hall–Kier alpha value is -4.54. The molecule has 1 unspecified atom stereocenters. The Morgan fingerprint density at radius 2 is 1.91 bits per heavy atom. The topological polar surface area (TPSA) is 110 Å². The fourth-order valence-electron chi connectivity index (χ4n) is 5.67. The van der Waals surface area contributed by atoms with E-state index < -0.39 is 0 Å². The molecule has 0 bridgehead atoms. The van der Waals surface area contributed by atoms with Crippen LogP contribution in [-0.4, -0.2) is 43.3 Å². The highest BCUT2D eigenvalue weighted by atomic mass is 32.2. The molecule has 1 atom stereocenters. The molecule has 1 aliphatic heterocycles. The van der Waals surface area contributed by atoms with Crippen molar-refractivity contribution in [2.24, 2.45) is 0 Å². The maximum absolute atomic E-state index is 14.0. The van der Waals surface area contributed by atoms with Crippen molar-refractivity contribution in [2.75, 3.05) is 29.5 Å². The normalized spacial score (nSPS) is 16.7. The molecule has 7 rings (SSSR count). The maximum Gasteiger partial charge on any atom is 0.276 e. The molecule has 1 saturated heterocycles. The summed E-state index contributed by atoms with van der Waals surface area (Å²) in [5.41, 5.74) is 7.15. The zero-order valence-corrected chi connectivity index (χ0v) is 24.5. The Morgan fingerprint density at radius 1 is 1.00 bits per heavy atom. The van der Waals surface area contributed by atoms with Crippen LogP contribution in [0.2, 0.25) is 0 Å². The Balaban J connectivity index is 1.26. The summed E-state index contributed by atoms with van der Waals surface area (Å²) in [6.45, 7) is 2.40. The quantitative estimate of drug-likeness (QED) is 0.199. The van der Waals surface area contributed by atoms with Crippen molar-refractivity contribution in [1.82, 2.24) is 29.8 Å². The van der Waals surface area contributed by atoms with Gasteiger partial charge in [0, 0.05) is 65.5 Å². The number of benzene rings is 1. The van der Waals surface area contributed by atoms with E-state index in [0.29, 0.717) is 29.1 Å². The number of rotatable bonds is 8. The molecule has 0 amide bonds. The van der Waals surface area contributed by atoms with Gasteiger partial charge in [-0.2, -0.15) is 16.7 Å². The number of anilines is 4. The third-order valence-corrected chi connectivity index (χ3v) is 9.14. The standard InChI is InChI=1S/C33H32N8OS/c42-32-29(38-27-6-3-12-34-18-27)16-25-17-37-33(39-26-9-7-23(8-10-26)30-20-36-14-15-43-30)40-31(25)41(32)21-24-11-13-35-19-28(24)22-4-1-2-5-22/h3-4,6-13,16-19,30,36,38H,1-2,5,14-15,20-21H2,(H,37,39,40). The van der Waals surface area contributed by atoms with Gasteiger partial charge in [-0.3, -0.25) is 19.3 Å². The highest BCUT2D eigenvalue weighted by Gasteiger charge is 2.18. The molecule has 2 aliphatic rings. The molecule has 0 radical (unpaired) electrons. The second-order valence-electron chi connectivity index (χ2n) is 10.8. The van der Waals surface area contributed by atoms with E-state index in [1.54, 1.807) is 29.4 Å². The van der Waals surface area contributed by atoms with E-state index in [9.17, 15) is 4.79 Å². The Labute approximate surface area is 253 Å². The molecule has 9 nitrogen and oxygen atoms in total. The number of hydrogen-bond donors (Lipinski definition) is 3. The fourth-order valence-corrected chi connectivity index (χ4v) is 6.81. The molecule has 1 aromatic carbocycles. The van der Waals surface area contributed by atoms with Gasteiger partial charge in [0.05, 0.1) is 18.4 Å². The van der Waals surface area contributed by atoms with Gasteiger partial charge in [0.15, 0.2) is 0 Å². The van der Waals surface area contributed by atoms with Gasteiger partial charge in [-0.15, -0.1) is 0 Å². The van der Waals surface area contributed by atoms with Crippen LogP contribution in [-0.2, 0) is 6.54 Å². The van der Waals surface area contributed by atoms with Crippen LogP contribution in [0.15, 0.2) is 90.4 Å². The predicted octanol–water partition coefficient (Wildman–Crippen LogP) is 6.06. The molecule has 5 heterocycles. The summed E-state index contributed by atoms with van der Waals surface area (Å²) < 4.78 is 1.73. The molecule has 0 saturated carbocycles. The van der Waals surface area contributed by atoms with Gasteiger partial charge < -0.3 is 16.0 Å². The zero-order chi connectivity index (χ0) is 29.0. The first-order valence-electron chi connectivity index (χ1n) is 14.6. The third kappa shape index (κ3) is 6.02. The lowest BCUT2D eigenvalue weighted by atomic mass is 10.0. The summed E-state index contributed by atoms with van der Waals surface area (Å²) in [4.78, 5) is 32.1. The van der Waals surface area contributed by atoms with E-state index in [1.807, 2.05) is 42.2 Å². The number of aromatic nitrogens is 5. The number of pyridine rings is 3. The Morgan fingerprint density at radius 3 is 2.70 bits per heavy atom. The van der Waals surface area contributed by atoms with E-state index in [-0.39, 0.29) is 5.56 Å². The number of fused-ring (bicyclic) bond motifs is 1. The fraction of sp³-hybridized carbons (Fsp3) is 0.242. The van der Waals surface area contributed by atoms with Crippen LogP contribution in [0.5, 0.6) is 0 Å². The molecule has 5 aromatic rings. The first-order chi connectivity index (χ1) is 21.2. The van der Waals surface area contributed by atoms with Crippen LogP contribution >= 0.6 is 11.8 Å². The van der Waals surface area contributed by atoms with E-state index in [2.05, 4.69) is 61.2 Å². The minimum Gasteiger partial charge on any atom is -0.350 e. The summed E-state index contributed by atoms with van der Waals surface area (Å²) in [6, 6.07) is 16.0. The molecular weight excluding hydrogens is 556 g/mol. The summed E-state index contributed by atoms with van der Waals surface area (Å²) >= 11 is 1.99. The third-order valence-electron chi connectivity index (χ3n) is 7.86. The average Bonchev–Trinajstić information content (AvgIpc) is 3.60. The number of allylic oxidation sites excluding steroid dienone is 2. The lowest BCUT2D eigenvalue weighted by Gasteiger charge is -2.22. The molecule has 10 heteroatoms. The van der Waals surface area contributed by atoms with E-state index >= 15 is 0 Å². The smallest absolute Gasteiger partial charge is 0.276 e. The summed E-state index contributed by atoms with van der Waals surface area (Å²) in [7, 11) is 0. The van der Waals surface area contributed by atoms with Crippen molar-refractivity contribution in [3.63, 3.8) is 0 Å². The Bertz CT molecular complexity index is 1830. The van der Waals surface area contributed by atoms with Gasteiger partial charge in [-0.1, -0.05) is 18.2 Å². The van der Waals surface area contributed by atoms with Crippen LogP contribution in [0.3, 0.4) is 0 Å².